The number of hydrogen-bond donors (Lipinski definition) is 0. The van der Waals surface area contributed by atoms with Crippen molar-refractivity contribution in [2.75, 3.05) is 0 Å². The van der Waals surface area contributed by atoms with Crippen LogP contribution >= 0.6 is 0 Å². The van der Waals surface area contributed by atoms with E-state index < -0.39 is 0 Å². The van der Waals surface area contributed by atoms with Crippen molar-refractivity contribution >= 4 is 0 Å². The van der Waals surface area contributed by atoms with Crippen LogP contribution in [0.2, 0.25) is 0 Å². The third kappa shape index (κ3) is 3.76. The van der Waals surface area contributed by atoms with Gasteiger partial charge in [-0.05, 0) is 52.8 Å². The van der Waals surface area contributed by atoms with Crippen LogP contribution in [0.15, 0.2) is 0 Å². The highest BCUT2D eigenvalue weighted by Gasteiger charge is 2.62. The summed E-state index contributed by atoms with van der Waals surface area (Å²) in [5, 5.41) is 0. The Hall–Kier alpha value is 0. The second-order valence-electron chi connectivity index (χ2n) is 10.8. The van der Waals surface area contributed by atoms with Crippen LogP contribution in [0.1, 0.15) is 94.9 Å². The first-order valence-corrected chi connectivity index (χ1v) is 8.12. The predicted octanol–water partition coefficient (Wildman–Crippen LogP) is 6.69. The lowest BCUT2D eigenvalue weighted by atomic mass is 9.55. The minimum Gasteiger partial charge on any atom is -0.0602 e. The van der Waals surface area contributed by atoms with E-state index in [1.807, 2.05) is 0 Å². The van der Waals surface area contributed by atoms with E-state index in [0.717, 1.165) is 0 Å². The fraction of sp³-hybridized carbons (Fsp3) is 1.00. The van der Waals surface area contributed by atoms with Crippen molar-refractivity contribution in [1.82, 2.24) is 0 Å². The molecule has 0 atom stereocenters. The smallest absolute Gasteiger partial charge is 0.0194 e. The molecular weight excluding hydrogens is 228 g/mol. The van der Waals surface area contributed by atoms with Crippen LogP contribution in [-0.4, -0.2) is 0 Å². The van der Waals surface area contributed by atoms with E-state index in [1.54, 1.807) is 0 Å². The van der Waals surface area contributed by atoms with Crippen molar-refractivity contribution in [2.45, 2.75) is 94.9 Å². The normalized spacial score (nSPS) is 20.5. The Balaban J connectivity index is 2.97. The van der Waals surface area contributed by atoms with Crippen molar-refractivity contribution in [3.05, 3.63) is 0 Å². The lowest BCUT2D eigenvalue weighted by Crippen LogP contribution is -2.42. The van der Waals surface area contributed by atoms with Gasteiger partial charge in [0.1, 0.15) is 0 Å². The van der Waals surface area contributed by atoms with Crippen molar-refractivity contribution < 1.29 is 0 Å². The first-order chi connectivity index (χ1) is 8.12. The van der Waals surface area contributed by atoms with Gasteiger partial charge in [0, 0.05) is 0 Å². The number of hydrogen-bond acceptors (Lipinski definition) is 0. The zero-order chi connectivity index (χ0) is 15.3. The van der Waals surface area contributed by atoms with Crippen LogP contribution in [0.4, 0.5) is 0 Å². The fourth-order valence-electron chi connectivity index (χ4n) is 5.38. The molecule has 0 N–H and O–H groups in total. The molecule has 1 saturated carbocycles. The van der Waals surface area contributed by atoms with E-state index in [4.69, 9.17) is 0 Å². The summed E-state index contributed by atoms with van der Waals surface area (Å²) in [6, 6.07) is 0. The molecule has 0 spiro atoms. The summed E-state index contributed by atoms with van der Waals surface area (Å²) in [5.41, 5.74) is 2.30. The second kappa shape index (κ2) is 4.50. The molecule has 0 heterocycles. The third-order valence-electron chi connectivity index (χ3n) is 5.29. The van der Waals surface area contributed by atoms with Gasteiger partial charge in [-0.15, -0.1) is 0 Å². The number of rotatable bonds is 4. The van der Waals surface area contributed by atoms with E-state index in [-0.39, 0.29) is 0 Å². The highest BCUT2D eigenvalue weighted by atomic mass is 14.7. The molecule has 0 unspecified atom stereocenters. The molecule has 0 radical (unpaired) electrons. The molecule has 0 aliphatic heterocycles. The highest BCUT2D eigenvalue weighted by molar-refractivity contribution is 5.12. The van der Waals surface area contributed by atoms with Crippen molar-refractivity contribution in [3.63, 3.8) is 0 Å². The van der Waals surface area contributed by atoms with Gasteiger partial charge in [-0.3, -0.25) is 0 Å². The molecule has 0 aromatic rings. The summed E-state index contributed by atoms with van der Waals surface area (Å²) < 4.78 is 0. The molecule has 0 saturated heterocycles. The molecule has 19 heavy (non-hydrogen) atoms. The zero-order valence-corrected chi connectivity index (χ0v) is 15.3. The molecular formula is C19H38. The molecule has 0 amide bonds. The first-order valence-electron chi connectivity index (χ1n) is 8.12. The van der Waals surface area contributed by atoms with Crippen LogP contribution in [-0.2, 0) is 0 Å². The lowest BCUT2D eigenvalue weighted by molar-refractivity contribution is -0.00976. The van der Waals surface area contributed by atoms with Crippen LogP contribution in [0.25, 0.3) is 0 Å². The summed E-state index contributed by atoms with van der Waals surface area (Å²) in [4.78, 5) is 0. The van der Waals surface area contributed by atoms with E-state index in [9.17, 15) is 0 Å². The molecule has 0 nitrogen and oxygen atoms in total. The molecule has 1 aliphatic rings. The molecule has 0 bridgehead atoms. The molecule has 0 heteroatoms. The van der Waals surface area contributed by atoms with Gasteiger partial charge in [0.15, 0.2) is 0 Å². The van der Waals surface area contributed by atoms with Crippen LogP contribution in [0.5, 0.6) is 0 Å². The highest BCUT2D eigenvalue weighted by Crippen LogP contribution is 2.71. The average Bonchev–Trinajstić information content (AvgIpc) is 2.70. The van der Waals surface area contributed by atoms with Gasteiger partial charge >= 0.3 is 0 Å². The minimum absolute atomic E-state index is 0.427. The Kier molecular flexibility index (Phi) is 4.04. The van der Waals surface area contributed by atoms with Gasteiger partial charge in [-0.2, -0.15) is 0 Å². The topological polar surface area (TPSA) is 0 Å². The Morgan fingerprint density at radius 3 is 1.00 bits per heavy atom. The second-order valence-corrected chi connectivity index (χ2v) is 10.8. The molecule has 114 valence electrons. The van der Waals surface area contributed by atoms with E-state index in [0.29, 0.717) is 27.1 Å². The lowest BCUT2D eigenvalue weighted by Gasteiger charge is -2.50. The maximum Gasteiger partial charge on any atom is -0.0194 e. The minimum atomic E-state index is 0.427. The van der Waals surface area contributed by atoms with Gasteiger partial charge in [0.25, 0.3) is 0 Å². The maximum absolute atomic E-state index is 2.52. The molecule has 1 rings (SSSR count). The van der Waals surface area contributed by atoms with Gasteiger partial charge in [-0.1, -0.05) is 69.2 Å². The van der Waals surface area contributed by atoms with E-state index in [2.05, 4.69) is 69.2 Å². The molecule has 0 aromatic heterocycles. The van der Waals surface area contributed by atoms with Gasteiger partial charge < -0.3 is 0 Å². The van der Waals surface area contributed by atoms with Gasteiger partial charge in [0.2, 0.25) is 0 Å². The Morgan fingerprint density at radius 2 is 0.842 bits per heavy atom. The van der Waals surface area contributed by atoms with E-state index >= 15 is 0 Å². The van der Waals surface area contributed by atoms with Crippen molar-refractivity contribution in [2.24, 2.45) is 27.1 Å². The SMILES string of the molecule is CC(C)(C)CC(C)(C)C1(C(C)(C)CC(C)(C)C)CC1. The standard InChI is InChI=1S/C19H38/c1-15(2,3)13-17(7,8)19(11-12-19)18(9,10)14-16(4,5)6/h11-14H2,1-10H3. The Labute approximate surface area is 122 Å². The Bertz CT molecular complexity index is 283. The Morgan fingerprint density at radius 1 is 0.579 bits per heavy atom. The first kappa shape index (κ1) is 17.1. The summed E-state index contributed by atoms with van der Waals surface area (Å²) in [5.74, 6) is 0. The largest absolute Gasteiger partial charge is 0.0602 e. The quantitative estimate of drug-likeness (QED) is 0.531. The third-order valence-corrected chi connectivity index (χ3v) is 5.29. The van der Waals surface area contributed by atoms with Gasteiger partial charge in [-0.25, -0.2) is 0 Å². The molecule has 1 fully saturated rings. The van der Waals surface area contributed by atoms with Crippen molar-refractivity contribution in [3.8, 4) is 0 Å². The van der Waals surface area contributed by atoms with Crippen molar-refractivity contribution in [1.29, 1.82) is 0 Å². The molecule has 1 aliphatic carbocycles. The summed E-state index contributed by atoms with van der Waals surface area (Å²) in [6.07, 6.45) is 5.51. The van der Waals surface area contributed by atoms with Crippen LogP contribution in [0.3, 0.4) is 0 Å². The zero-order valence-electron chi connectivity index (χ0n) is 15.3. The average molecular weight is 267 g/mol. The summed E-state index contributed by atoms with van der Waals surface area (Å²) >= 11 is 0. The maximum atomic E-state index is 2.52. The summed E-state index contributed by atoms with van der Waals surface area (Å²) in [6.45, 7) is 24.4. The van der Waals surface area contributed by atoms with Crippen LogP contribution < -0.4 is 0 Å². The van der Waals surface area contributed by atoms with E-state index in [1.165, 1.54) is 25.7 Å². The van der Waals surface area contributed by atoms with Crippen LogP contribution in [0, 0.1) is 27.1 Å². The fourth-order valence-corrected chi connectivity index (χ4v) is 5.38. The molecule has 0 aromatic carbocycles. The summed E-state index contributed by atoms with van der Waals surface area (Å²) in [7, 11) is 0. The predicted molar refractivity (Wildman–Crippen MR) is 87.4 cm³/mol. The van der Waals surface area contributed by atoms with Gasteiger partial charge in [0.05, 0.1) is 0 Å². The monoisotopic (exact) mass is 266 g/mol.